The molecule has 4 nitrogen and oxygen atoms in total. The van der Waals surface area contributed by atoms with Crippen molar-refractivity contribution in [1.82, 2.24) is 5.32 Å². The summed E-state index contributed by atoms with van der Waals surface area (Å²) in [5, 5.41) is 22.4. The van der Waals surface area contributed by atoms with E-state index in [-0.39, 0.29) is 11.5 Å². The van der Waals surface area contributed by atoms with Crippen molar-refractivity contribution in [3.8, 4) is 17.2 Å². The number of methoxy groups -OCH3 is 1. The average molecular weight is 223 g/mol. The Morgan fingerprint density at radius 1 is 1.44 bits per heavy atom. The molecule has 0 aromatic heterocycles. The second-order valence-electron chi connectivity index (χ2n) is 4.16. The van der Waals surface area contributed by atoms with Crippen molar-refractivity contribution in [3.05, 3.63) is 17.7 Å². The third-order valence-corrected chi connectivity index (χ3v) is 2.98. The molecular weight excluding hydrogens is 206 g/mol. The summed E-state index contributed by atoms with van der Waals surface area (Å²) in [5.41, 5.74) is 0.978. The lowest BCUT2D eigenvalue weighted by Crippen LogP contribution is -2.23. The molecule has 0 bridgehead atoms. The molecule has 4 heteroatoms. The topological polar surface area (TPSA) is 61.7 Å². The zero-order valence-electron chi connectivity index (χ0n) is 9.36. The van der Waals surface area contributed by atoms with Gasteiger partial charge in [-0.2, -0.15) is 0 Å². The predicted octanol–water partition coefficient (Wildman–Crippen LogP) is 1.40. The molecule has 1 unspecified atom stereocenters. The van der Waals surface area contributed by atoms with E-state index in [0.717, 1.165) is 24.9 Å². The summed E-state index contributed by atoms with van der Waals surface area (Å²) in [6.07, 6.45) is 3.21. The van der Waals surface area contributed by atoms with Gasteiger partial charge in [0.15, 0.2) is 11.5 Å². The number of nitrogens with one attached hydrogen (secondary N) is 1. The van der Waals surface area contributed by atoms with Crippen molar-refractivity contribution < 1.29 is 14.9 Å². The summed E-state index contributed by atoms with van der Waals surface area (Å²) in [7, 11) is 1.48. The molecule has 0 spiro atoms. The summed E-state index contributed by atoms with van der Waals surface area (Å²) >= 11 is 0. The van der Waals surface area contributed by atoms with Crippen LogP contribution in [0.3, 0.4) is 0 Å². The van der Waals surface area contributed by atoms with Gasteiger partial charge in [-0.1, -0.05) is 0 Å². The standard InChI is InChI=1S/C12H17NO3/c1-16-11-7-8(6-10(14)12(11)15)5-9-3-2-4-13-9/h6-7,9,13-15H,2-5H2,1H3. The van der Waals surface area contributed by atoms with E-state index >= 15 is 0 Å². The average Bonchev–Trinajstić information content (AvgIpc) is 2.76. The van der Waals surface area contributed by atoms with E-state index in [1.807, 2.05) is 0 Å². The predicted molar refractivity (Wildman–Crippen MR) is 61.1 cm³/mol. The molecule has 0 aliphatic carbocycles. The van der Waals surface area contributed by atoms with Crippen molar-refractivity contribution >= 4 is 0 Å². The van der Waals surface area contributed by atoms with Crippen molar-refractivity contribution in [3.63, 3.8) is 0 Å². The highest BCUT2D eigenvalue weighted by Gasteiger charge is 2.16. The van der Waals surface area contributed by atoms with E-state index in [4.69, 9.17) is 4.74 Å². The van der Waals surface area contributed by atoms with Crippen molar-refractivity contribution in [1.29, 1.82) is 0 Å². The highest BCUT2D eigenvalue weighted by atomic mass is 16.5. The van der Waals surface area contributed by atoms with E-state index in [2.05, 4.69) is 5.32 Å². The van der Waals surface area contributed by atoms with Crippen LogP contribution >= 0.6 is 0 Å². The maximum atomic E-state index is 9.54. The molecule has 3 N–H and O–H groups in total. The number of ether oxygens (including phenoxy) is 1. The first-order valence-corrected chi connectivity index (χ1v) is 5.53. The Balaban J connectivity index is 2.17. The van der Waals surface area contributed by atoms with E-state index in [1.165, 1.54) is 13.5 Å². The third-order valence-electron chi connectivity index (χ3n) is 2.98. The minimum absolute atomic E-state index is 0.118. The second kappa shape index (κ2) is 4.61. The van der Waals surface area contributed by atoms with Gasteiger partial charge >= 0.3 is 0 Å². The lowest BCUT2D eigenvalue weighted by atomic mass is 10.0. The highest BCUT2D eigenvalue weighted by molar-refractivity contribution is 5.52. The zero-order valence-corrected chi connectivity index (χ0v) is 9.36. The molecule has 2 rings (SSSR count). The first-order chi connectivity index (χ1) is 7.70. The Kier molecular flexibility index (Phi) is 3.19. The molecule has 0 radical (unpaired) electrons. The van der Waals surface area contributed by atoms with Gasteiger partial charge in [-0.3, -0.25) is 0 Å². The molecular formula is C12H17NO3. The lowest BCUT2D eigenvalue weighted by Gasteiger charge is -2.12. The highest BCUT2D eigenvalue weighted by Crippen LogP contribution is 2.36. The van der Waals surface area contributed by atoms with Crippen molar-refractivity contribution in [2.45, 2.75) is 25.3 Å². The number of phenols is 2. The summed E-state index contributed by atoms with van der Waals surface area (Å²) in [6, 6.07) is 3.83. The number of benzene rings is 1. The molecule has 0 amide bonds. The largest absolute Gasteiger partial charge is 0.504 e. The lowest BCUT2D eigenvalue weighted by molar-refractivity contribution is 0.350. The molecule has 1 atom stereocenters. The minimum atomic E-state index is -0.189. The molecule has 1 saturated heterocycles. The normalized spacial score (nSPS) is 19.9. The van der Waals surface area contributed by atoms with Crippen LogP contribution in [0.2, 0.25) is 0 Å². The van der Waals surface area contributed by atoms with Gasteiger partial charge in [0.05, 0.1) is 7.11 Å². The monoisotopic (exact) mass is 223 g/mol. The summed E-state index contributed by atoms with van der Waals surface area (Å²) in [4.78, 5) is 0. The van der Waals surface area contributed by atoms with E-state index in [0.29, 0.717) is 11.8 Å². The van der Waals surface area contributed by atoms with Crippen LogP contribution in [0, 0.1) is 0 Å². The van der Waals surface area contributed by atoms with E-state index < -0.39 is 0 Å². The molecule has 1 aliphatic rings. The third kappa shape index (κ3) is 2.22. The van der Waals surface area contributed by atoms with Crippen LogP contribution in [0.1, 0.15) is 18.4 Å². The second-order valence-corrected chi connectivity index (χ2v) is 4.16. The summed E-state index contributed by atoms with van der Waals surface area (Å²) in [6.45, 7) is 1.06. The Morgan fingerprint density at radius 2 is 2.25 bits per heavy atom. The van der Waals surface area contributed by atoms with Crippen molar-refractivity contribution in [2.75, 3.05) is 13.7 Å². The van der Waals surface area contributed by atoms with Gasteiger partial charge in [-0.15, -0.1) is 0 Å². The van der Waals surface area contributed by atoms with Gasteiger partial charge in [0.25, 0.3) is 0 Å². The quantitative estimate of drug-likeness (QED) is 0.678. The van der Waals surface area contributed by atoms with Crippen molar-refractivity contribution in [2.24, 2.45) is 0 Å². The maximum absolute atomic E-state index is 9.54. The van der Waals surface area contributed by atoms with Crippen LogP contribution < -0.4 is 10.1 Å². The molecule has 1 aromatic carbocycles. The molecule has 88 valence electrons. The molecule has 16 heavy (non-hydrogen) atoms. The fraction of sp³-hybridized carbons (Fsp3) is 0.500. The summed E-state index contributed by atoms with van der Waals surface area (Å²) < 4.78 is 5.00. The van der Waals surface area contributed by atoms with Crippen LogP contribution in [0.25, 0.3) is 0 Å². The fourth-order valence-corrected chi connectivity index (χ4v) is 2.14. The molecule has 1 aliphatic heterocycles. The van der Waals surface area contributed by atoms with Gasteiger partial charge in [-0.25, -0.2) is 0 Å². The Hall–Kier alpha value is -1.42. The smallest absolute Gasteiger partial charge is 0.200 e. The Bertz CT molecular complexity index is 373. The first-order valence-electron chi connectivity index (χ1n) is 5.53. The fourth-order valence-electron chi connectivity index (χ4n) is 2.14. The van der Waals surface area contributed by atoms with Gasteiger partial charge in [0.1, 0.15) is 0 Å². The minimum Gasteiger partial charge on any atom is -0.504 e. The SMILES string of the molecule is COc1cc(CC2CCCN2)cc(O)c1O. The summed E-state index contributed by atoms with van der Waals surface area (Å²) in [5.74, 6) is 0.0194. The number of phenolic OH excluding ortho intramolecular Hbond substituents is 2. The van der Waals surface area contributed by atoms with E-state index in [1.54, 1.807) is 12.1 Å². The molecule has 1 fully saturated rings. The van der Waals surface area contributed by atoms with Crippen LogP contribution in [0.15, 0.2) is 12.1 Å². The molecule has 1 aromatic rings. The Morgan fingerprint density at radius 3 is 2.88 bits per heavy atom. The maximum Gasteiger partial charge on any atom is 0.200 e. The number of hydrogen-bond donors (Lipinski definition) is 3. The first kappa shape index (κ1) is 11.1. The van der Waals surface area contributed by atoms with Crippen LogP contribution in [0.5, 0.6) is 17.2 Å². The van der Waals surface area contributed by atoms with Crippen LogP contribution in [-0.2, 0) is 6.42 Å². The van der Waals surface area contributed by atoms with Gasteiger partial charge in [0, 0.05) is 6.04 Å². The molecule has 1 heterocycles. The van der Waals surface area contributed by atoms with Gasteiger partial charge in [-0.05, 0) is 43.5 Å². The van der Waals surface area contributed by atoms with Crippen LogP contribution in [-0.4, -0.2) is 29.9 Å². The Labute approximate surface area is 94.9 Å². The van der Waals surface area contributed by atoms with E-state index in [9.17, 15) is 10.2 Å². The molecule has 0 saturated carbocycles. The number of aromatic hydroxyl groups is 2. The van der Waals surface area contributed by atoms with Crippen LogP contribution in [0.4, 0.5) is 0 Å². The van der Waals surface area contributed by atoms with Gasteiger partial charge in [0.2, 0.25) is 5.75 Å². The zero-order chi connectivity index (χ0) is 11.5. The number of hydrogen-bond acceptors (Lipinski definition) is 4. The number of rotatable bonds is 3. The van der Waals surface area contributed by atoms with Gasteiger partial charge < -0.3 is 20.3 Å².